The van der Waals surface area contributed by atoms with Crippen molar-refractivity contribution in [1.29, 1.82) is 0 Å². The highest BCUT2D eigenvalue weighted by molar-refractivity contribution is 5.87. The Hall–Kier alpha value is -1.91. The summed E-state index contributed by atoms with van der Waals surface area (Å²) in [6, 6.07) is 6.39. The van der Waals surface area contributed by atoms with Gasteiger partial charge in [-0.2, -0.15) is 0 Å². The minimum absolute atomic E-state index is 0.132. The number of carbonyl (C=O) groups excluding carboxylic acids is 2. The lowest BCUT2D eigenvalue weighted by atomic mass is 9.79. The van der Waals surface area contributed by atoms with E-state index < -0.39 is 11.4 Å². The minimum atomic E-state index is -0.810. The molecule has 1 unspecified atom stereocenters. The summed E-state index contributed by atoms with van der Waals surface area (Å²) in [6.07, 6.45) is 6.22. The highest BCUT2D eigenvalue weighted by atomic mass is 19.1. The van der Waals surface area contributed by atoms with E-state index >= 15 is 0 Å². The van der Waals surface area contributed by atoms with Crippen LogP contribution in [0.2, 0.25) is 0 Å². The largest absolute Gasteiger partial charge is 0.455 e. The van der Waals surface area contributed by atoms with Gasteiger partial charge in [0.15, 0.2) is 6.61 Å². The lowest BCUT2D eigenvalue weighted by Crippen LogP contribution is -2.45. The number of carbonyl (C=O) groups is 2. The third kappa shape index (κ3) is 3.70. The SMILES string of the molecule is CC1CCCCN1C(=O)COC(=O)C1(c2cccc(F)c2)CCCC1. The summed E-state index contributed by atoms with van der Waals surface area (Å²) in [5.41, 5.74) is -0.149. The zero-order valence-corrected chi connectivity index (χ0v) is 14.8. The van der Waals surface area contributed by atoms with Gasteiger partial charge in [0, 0.05) is 12.6 Å². The summed E-state index contributed by atoms with van der Waals surface area (Å²) >= 11 is 0. The van der Waals surface area contributed by atoms with Gasteiger partial charge in [-0.15, -0.1) is 0 Å². The number of benzene rings is 1. The summed E-state index contributed by atoms with van der Waals surface area (Å²) in [5.74, 6) is -0.878. The first-order chi connectivity index (χ1) is 12.0. The molecule has 2 aliphatic rings. The van der Waals surface area contributed by atoms with Crippen molar-refractivity contribution >= 4 is 11.9 Å². The molecule has 1 aromatic rings. The van der Waals surface area contributed by atoms with Gasteiger partial charge < -0.3 is 9.64 Å². The minimum Gasteiger partial charge on any atom is -0.455 e. The van der Waals surface area contributed by atoms with Crippen LogP contribution < -0.4 is 0 Å². The average molecular weight is 347 g/mol. The van der Waals surface area contributed by atoms with E-state index in [0.29, 0.717) is 18.4 Å². The molecule has 1 aliphatic heterocycles. The van der Waals surface area contributed by atoms with Crippen molar-refractivity contribution in [2.45, 2.75) is 63.3 Å². The number of rotatable bonds is 4. The van der Waals surface area contributed by atoms with Gasteiger partial charge in [-0.1, -0.05) is 25.0 Å². The molecule has 4 nitrogen and oxygen atoms in total. The van der Waals surface area contributed by atoms with Crippen molar-refractivity contribution in [3.63, 3.8) is 0 Å². The first kappa shape index (κ1) is 17.9. The summed E-state index contributed by atoms with van der Waals surface area (Å²) in [4.78, 5) is 27.0. The molecular weight excluding hydrogens is 321 g/mol. The summed E-state index contributed by atoms with van der Waals surface area (Å²) in [5, 5.41) is 0. The van der Waals surface area contributed by atoms with Crippen LogP contribution in [0.5, 0.6) is 0 Å². The molecule has 1 aliphatic carbocycles. The Labute approximate surface area is 148 Å². The maximum Gasteiger partial charge on any atom is 0.317 e. The van der Waals surface area contributed by atoms with Gasteiger partial charge in [-0.25, -0.2) is 4.39 Å². The second kappa shape index (κ2) is 7.54. The lowest BCUT2D eigenvalue weighted by Gasteiger charge is -2.34. The lowest BCUT2D eigenvalue weighted by molar-refractivity contribution is -0.158. The molecule has 5 heteroatoms. The van der Waals surface area contributed by atoms with Gasteiger partial charge >= 0.3 is 5.97 Å². The number of amides is 1. The number of esters is 1. The van der Waals surface area contributed by atoms with Crippen LogP contribution in [-0.4, -0.2) is 36.0 Å². The number of ether oxygens (including phenoxy) is 1. The van der Waals surface area contributed by atoms with Crippen LogP contribution in [0.4, 0.5) is 4.39 Å². The number of nitrogens with zero attached hydrogens (tertiary/aromatic N) is 1. The van der Waals surface area contributed by atoms with Crippen molar-refractivity contribution < 1.29 is 18.7 Å². The topological polar surface area (TPSA) is 46.6 Å². The Balaban J connectivity index is 1.68. The van der Waals surface area contributed by atoms with Gasteiger partial charge in [0.2, 0.25) is 0 Å². The van der Waals surface area contributed by atoms with E-state index in [1.165, 1.54) is 12.1 Å². The van der Waals surface area contributed by atoms with Crippen molar-refractivity contribution in [2.24, 2.45) is 0 Å². The van der Waals surface area contributed by atoms with Crippen LogP contribution in [0.3, 0.4) is 0 Å². The molecule has 1 saturated carbocycles. The Kier molecular flexibility index (Phi) is 5.40. The molecule has 0 spiro atoms. The number of likely N-dealkylation sites (tertiary alicyclic amines) is 1. The molecule has 0 N–H and O–H groups in total. The normalized spacial score (nSPS) is 22.6. The molecule has 1 saturated heterocycles. The van der Waals surface area contributed by atoms with E-state index in [-0.39, 0.29) is 24.4 Å². The van der Waals surface area contributed by atoms with E-state index in [1.807, 2.05) is 6.92 Å². The molecule has 2 fully saturated rings. The van der Waals surface area contributed by atoms with Gasteiger partial charge in [0.05, 0.1) is 5.41 Å². The fourth-order valence-electron chi connectivity index (χ4n) is 4.19. The van der Waals surface area contributed by atoms with Crippen molar-refractivity contribution in [1.82, 2.24) is 4.90 Å². The van der Waals surface area contributed by atoms with Crippen LogP contribution in [0.25, 0.3) is 0 Å². The smallest absolute Gasteiger partial charge is 0.317 e. The molecule has 25 heavy (non-hydrogen) atoms. The Bertz CT molecular complexity index is 640. The summed E-state index contributed by atoms with van der Waals surface area (Å²) < 4.78 is 19.1. The van der Waals surface area contributed by atoms with E-state index in [4.69, 9.17) is 4.74 Å². The van der Waals surface area contributed by atoms with E-state index in [2.05, 4.69) is 0 Å². The summed E-state index contributed by atoms with van der Waals surface area (Å²) in [6.45, 7) is 2.54. The highest BCUT2D eigenvalue weighted by Crippen LogP contribution is 2.42. The van der Waals surface area contributed by atoms with Crippen molar-refractivity contribution in [3.05, 3.63) is 35.6 Å². The van der Waals surface area contributed by atoms with Crippen molar-refractivity contribution in [2.75, 3.05) is 13.2 Å². The molecule has 3 rings (SSSR count). The van der Waals surface area contributed by atoms with Crippen molar-refractivity contribution in [3.8, 4) is 0 Å². The highest BCUT2D eigenvalue weighted by Gasteiger charge is 2.44. The predicted molar refractivity (Wildman–Crippen MR) is 92.5 cm³/mol. The van der Waals surface area contributed by atoms with Crippen LogP contribution in [0.15, 0.2) is 24.3 Å². The number of hydrogen-bond donors (Lipinski definition) is 0. The number of hydrogen-bond acceptors (Lipinski definition) is 3. The van der Waals surface area contributed by atoms with Crippen LogP contribution in [0.1, 0.15) is 57.4 Å². The quantitative estimate of drug-likeness (QED) is 0.782. The molecule has 0 bridgehead atoms. The second-order valence-corrected chi connectivity index (χ2v) is 7.31. The number of halogens is 1. The maximum atomic E-state index is 13.6. The van der Waals surface area contributed by atoms with Gasteiger partial charge in [0.1, 0.15) is 5.82 Å². The van der Waals surface area contributed by atoms with Gasteiger partial charge in [-0.3, -0.25) is 9.59 Å². The zero-order valence-electron chi connectivity index (χ0n) is 14.8. The van der Waals surface area contributed by atoms with E-state index in [1.54, 1.807) is 17.0 Å². The van der Waals surface area contributed by atoms with Crippen LogP contribution in [-0.2, 0) is 19.7 Å². The Morgan fingerprint density at radius 3 is 2.68 bits per heavy atom. The van der Waals surface area contributed by atoms with E-state index in [9.17, 15) is 14.0 Å². The zero-order chi connectivity index (χ0) is 17.9. The first-order valence-electron chi connectivity index (χ1n) is 9.26. The van der Waals surface area contributed by atoms with Crippen LogP contribution in [0, 0.1) is 5.82 Å². The fourth-order valence-corrected chi connectivity index (χ4v) is 4.19. The molecule has 136 valence electrons. The molecule has 1 aromatic carbocycles. The molecule has 1 heterocycles. The number of piperidine rings is 1. The van der Waals surface area contributed by atoms with Gasteiger partial charge in [-0.05, 0) is 56.7 Å². The third-order valence-corrected chi connectivity index (χ3v) is 5.68. The third-order valence-electron chi connectivity index (χ3n) is 5.68. The molecule has 1 atom stereocenters. The summed E-state index contributed by atoms with van der Waals surface area (Å²) in [7, 11) is 0. The second-order valence-electron chi connectivity index (χ2n) is 7.31. The maximum absolute atomic E-state index is 13.6. The fraction of sp³-hybridized carbons (Fsp3) is 0.600. The van der Waals surface area contributed by atoms with E-state index in [0.717, 1.165) is 38.6 Å². The standard InChI is InChI=1S/C20H26FNO3/c1-15-7-2-5-12-22(15)18(23)14-25-19(24)20(10-3-4-11-20)16-8-6-9-17(21)13-16/h6,8-9,13,15H,2-5,7,10-12,14H2,1H3. The Morgan fingerprint density at radius 2 is 2.00 bits per heavy atom. The van der Waals surface area contributed by atoms with Crippen LogP contribution >= 0.6 is 0 Å². The molecular formula is C20H26FNO3. The first-order valence-corrected chi connectivity index (χ1v) is 9.26. The Morgan fingerprint density at radius 1 is 1.24 bits per heavy atom. The predicted octanol–water partition coefficient (Wildman–Crippen LogP) is 3.58. The monoisotopic (exact) mass is 347 g/mol. The average Bonchev–Trinajstić information content (AvgIpc) is 3.11. The molecule has 0 radical (unpaired) electrons. The molecule has 1 amide bonds. The van der Waals surface area contributed by atoms with Gasteiger partial charge in [0.25, 0.3) is 5.91 Å². The molecule has 0 aromatic heterocycles.